The Morgan fingerprint density at radius 3 is 1.26 bits per heavy atom. The van der Waals surface area contributed by atoms with Gasteiger partial charge in [0.1, 0.15) is 0 Å². The summed E-state index contributed by atoms with van der Waals surface area (Å²) in [4.78, 5) is 0. The third-order valence-electron chi connectivity index (χ3n) is 5.58. The van der Waals surface area contributed by atoms with Crippen LogP contribution in [0.2, 0.25) is 0 Å². The molecule has 2 rings (SSSR count). The topological polar surface area (TPSA) is 95.1 Å². The molecule has 220 valence electrons. The molecule has 10 heteroatoms. The highest BCUT2D eigenvalue weighted by atomic mass is 16.6. The van der Waals surface area contributed by atoms with Crippen molar-refractivity contribution in [3.05, 3.63) is 35.9 Å². The largest absolute Gasteiger partial charge is 0.377 e. The lowest BCUT2D eigenvalue weighted by Crippen LogP contribution is -2.33. The van der Waals surface area contributed by atoms with Gasteiger partial charge in [-0.15, -0.1) is 0 Å². The minimum absolute atomic E-state index is 0.378. The Kier molecular flexibility index (Phi) is 22.7. The van der Waals surface area contributed by atoms with Gasteiger partial charge >= 0.3 is 0 Å². The molecule has 0 amide bonds. The van der Waals surface area contributed by atoms with Crippen LogP contribution in [0.15, 0.2) is 30.3 Å². The summed E-state index contributed by atoms with van der Waals surface area (Å²) >= 11 is 0. The van der Waals surface area contributed by atoms with E-state index in [9.17, 15) is 0 Å². The van der Waals surface area contributed by atoms with Gasteiger partial charge < -0.3 is 47.9 Å². The fraction of sp³-hybridized carbons (Fsp3) is 0.786. The van der Waals surface area contributed by atoms with Crippen molar-refractivity contribution in [3.8, 4) is 0 Å². The molecule has 1 aromatic rings. The van der Waals surface area contributed by atoms with Gasteiger partial charge in [-0.2, -0.15) is 0 Å². The van der Waals surface area contributed by atoms with Crippen molar-refractivity contribution < 1.29 is 42.6 Å². The van der Waals surface area contributed by atoms with E-state index in [0.717, 1.165) is 31.5 Å². The van der Waals surface area contributed by atoms with Crippen LogP contribution in [0.5, 0.6) is 0 Å². The first-order chi connectivity index (χ1) is 18.9. The van der Waals surface area contributed by atoms with E-state index in [2.05, 4.69) is 5.32 Å². The Morgan fingerprint density at radius 2 is 0.842 bits per heavy atom. The Labute approximate surface area is 228 Å². The molecule has 0 bridgehead atoms. The average molecular weight is 544 g/mol. The predicted octanol–water partition coefficient (Wildman–Crippen LogP) is 2.09. The number of nitrogens with one attached hydrogen (secondary N) is 1. The second-order valence-corrected chi connectivity index (χ2v) is 8.64. The molecule has 1 aliphatic rings. The maximum absolute atomic E-state index is 5.78. The molecule has 0 atom stereocenters. The first-order valence-corrected chi connectivity index (χ1v) is 13.9. The van der Waals surface area contributed by atoms with Crippen molar-refractivity contribution in [3.63, 3.8) is 0 Å². The third kappa shape index (κ3) is 20.7. The standard InChI is InChI=1S/C28H49NO9/c1-2-4-27(5-3-1)26-37-23-22-35-19-18-33-15-14-31-11-10-30-12-13-32-16-17-34-20-21-36-24-25-38-28-6-8-29-9-7-28/h1-5,28-29H,6-26H2. The molecule has 1 aromatic carbocycles. The maximum atomic E-state index is 5.78. The van der Waals surface area contributed by atoms with Gasteiger partial charge in [0.2, 0.25) is 0 Å². The van der Waals surface area contributed by atoms with E-state index in [4.69, 9.17) is 42.6 Å². The summed E-state index contributed by atoms with van der Waals surface area (Å²) in [5.74, 6) is 0. The molecular formula is C28H49NO9. The molecular weight excluding hydrogens is 494 g/mol. The van der Waals surface area contributed by atoms with E-state index in [0.29, 0.717) is 118 Å². The van der Waals surface area contributed by atoms with Crippen LogP contribution < -0.4 is 5.32 Å². The van der Waals surface area contributed by atoms with Gasteiger partial charge in [0.25, 0.3) is 0 Å². The van der Waals surface area contributed by atoms with Gasteiger partial charge in [-0.25, -0.2) is 0 Å². The zero-order chi connectivity index (χ0) is 26.6. The summed E-state index contributed by atoms with van der Waals surface area (Å²) in [6.45, 7) is 11.6. The predicted molar refractivity (Wildman–Crippen MR) is 144 cm³/mol. The van der Waals surface area contributed by atoms with Crippen molar-refractivity contribution in [1.82, 2.24) is 5.32 Å². The van der Waals surface area contributed by atoms with E-state index < -0.39 is 0 Å². The van der Waals surface area contributed by atoms with E-state index >= 15 is 0 Å². The normalized spacial score (nSPS) is 14.3. The minimum Gasteiger partial charge on any atom is -0.377 e. The van der Waals surface area contributed by atoms with Crippen LogP contribution >= 0.6 is 0 Å². The first kappa shape index (κ1) is 33.0. The zero-order valence-corrected chi connectivity index (χ0v) is 23.0. The summed E-state index contributed by atoms with van der Waals surface area (Å²) in [5.41, 5.74) is 1.16. The van der Waals surface area contributed by atoms with Gasteiger partial charge in [0, 0.05) is 0 Å². The first-order valence-electron chi connectivity index (χ1n) is 13.9. The molecule has 0 saturated carbocycles. The van der Waals surface area contributed by atoms with Crippen molar-refractivity contribution in [2.24, 2.45) is 0 Å². The number of piperidine rings is 1. The Bertz CT molecular complexity index is 605. The van der Waals surface area contributed by atoms with Crippen LogP contribution in [0.25, 0.3) is 0 Å². The van der Waals surface area contributed by atoms with Crippen molar-refractivity contribution in [1.29, 1.82) is 0 Å². The number of hydrogen-bond donors (Lipinski definition) is 1. The Morgan fingerprint density at radius 1 is 0.474 bits per heavy atom. The highest BCUT2D eigenvalue weighted by molar-refractivity contribution is 5.13. The second kappa shape index (κ2) is 26.1. The molecule has 0 aromatic heterocycles. The molecule has 1 fully saturated rings. The van der Waals surface area contributed by atoms with E-state index in [-0.39, 0.29) is 0 Å². The highest BCUT2D eigenvalue weighted by Gasteiger charge is 2.12. The maximum Gasteiger partial charge on any atom is 0.0718 e. The van der Waals surface area contributed by atoms with Crippen molar-refractivity contribution in [2.45, 2.75) is 25.6 Å². The van der Waals surface area contributed by atoms with Crippen molar-refractivity contribution in [2.75, 3.05) is 119 Å². The summed E-state index contributed by atoms with van der Waals surface area (Å²) < 4.78 is 49.8. The lowest BCUT2D eigenvalue weighted by Gasteiger charge is -2.22. The smallest absolute Gasteiger partial charge is 0.0718 e. The Hall–Kier alpha value is -1.18. The SMILES string of the molecule is c1ccc(COCCOCCOCCOCCOCCOCCOCCOCCOC2CCNCC2)cc1. The quantitative estimate of drug-likeness (QED) is 0.166. The zero-order valence-electron chi connectivity index (χ0n) is 23.0. The highest BCUT2D eigenvalue weighted by Crippen LogP contribution is 2.06. The number of hydrogen-bond acceptors (Lipinski definition) is 10. The monoisotopic (exact) mass is 543 g/mol. The van der Waals surface area contributed by atoms with E-state index in [1.165, 1.54) is 0 Å². The average Bonchev–Trinajstić information content (AvgIpc) is 2.96. The van der Waals surface area contributed by atoms with Gasteiger partial charge in [-0.3, -0.25) is 0 Å². The van der Waals surface area contributed by atoms with E-state index in [1.807, 2.05) is 30.3 Å². The molecule has 0 aliphatic carbocycles. The van der Waals surface area contributed by atoms with E-state index in [1.54, 1.807) is 0 Å². The molecule has 1 saturated heterocycles. The molecule has 0 spiro atoms. The number of rotatable bonds is 27. The lowest BCUT2D eigenvalue weighted by atomic mass is 10.1. The van der Waals surface area contributed by atoms with Crippen LogP contribution in [0.1, 0.15) is 18.4 Å². The third-order valence-corrected chi connectivity index (χ3v) is 5.58. The molecule has 38 heavy (non-hydrogen) atoms. The fourth-order valence-corrected chi connectivity index (χ4v) is 3.54. The number of ether oxygens (including phenoxy) is 9. The second-order valence-electron chi connectivity index (χ2n) is 8.64. The van der Waals surface area contributed by atoms with Gasteiger partial charge in [-0.1, -0.05) is 30.3 Å². The summed E-state index contributed by atoms with van der Waals surface area (Å²) in [7, 11) is 0. The van der Waals surface area contributed by atoms with Gasteiger partial charge in [-0.05, 0) is 31.5 Å². The molecule has 1 aliphatic heterocycles. The van der Waals surface area contributed by atoms with Gasteiger partial charge in [0.15, 0.2) is 0 Å². The van der Waals surface area contributed by atoms with Crippen LogP contribution in [0.4, 0.5) is 0 Å². The van der Waals surface area contributed by atoms with Gasteiger partial charge in [0.05, 0.1) is 118 Å². The summed E-state index contributed by atoms with van der Waals surface area (Å²) in [5, 5.41) is 3.33. The summed E-state index contributed by atoms with van der Waals surface area (Å²) in [6.07, 6.45) is 2.55. The van der Waals surface area contributed by atoms with Crippen LogP contribution in [0.3, 0.4) is 0 Å². The molecule has 10 nitrogen and oxygen atoms in total. The molecule has 1 N–H and O–H groups in total. The number of benzene rings is 1. The van der Waals surface area contributed by atoms with Crippen LogP contribution in [0, 0.1) is 0 Å². The lowest BCUT2D eigenvalue weighted by molar-refractivity contribution is -0.0319. The molecule has 1 heterocycles. The molecule has 0 radical (unpaired) electrons. The Balaban J connectivity index is 1.15. The fourth-order valence-electron chi connectivity index (χ4n) is 3.54. The summed E-state index contributed by atoms with van der Waals surface area (Å²) in [6, 6.07) is 10.1. The van der Waals surface area contributed by atoms with Crippen LogP contribution in [-0.2, 0) is 49.2 Å². The van der Waals surface area contributed by atoms with Crippen LogP contribution in [-0.4, -0.2) is 125 Å². The minimum atomic E-state index is 0.378. The molecule has 0 unspecified atom stereocenters. The van der Waals surface area contributed by atoms with Crippen molar-refractivity contribution >= 4 is 0 Å².